The van der Waals surface area contributed by atoms with Gasteiger partial charge in [-0.05, 0) is 36.2 Å². The molecule has 0 unspecified atom stereocenters. The van der Waals surface area contributed by atoms with Crippen LogP contribution in [-0.4, -0.2) is 23.3 Å². The van der Waals surface area contributed by atoms with E-state index >= 15 is 0 Å². The number of nitrogens with one attached hydrogen (secondary N) is 1. The molecule has 0 bridgehead atoms. The van der Waals surface area contributed by atoms with Gasteiger partial charge in [0.15, 0.2) is 0 Å². The Kier molecular flexibility index (Phi) is 4.74. The Balaban J connectivity index is 1.59. The number of nitrogens with zero attached hydrogens (tertiary/aromatic N) is 2. The highest BCUT2D eigenvalue weighted by atomic mass is 16.6. The molecule has 128 valence electrons. The molecule has 3 rings (SSSR count). The minimum Gasteiger partial charge on any atom is -0.326 e. The molecule has 1 aliphatic rings. The van der Waals surface area contributed by atoms with Gasteiger partial charge in [-0.1, -0.05) is 12.1 Å². The fraction of sp³-hybridized carbons (Fsp3) is 0.222. The molecule has 1 fully saturated rings. The lowest BCUT2D eigenvalue weighted by atomic mass is 10.1. The number of amides is 2. The maximum Gasteiger partial charge on any atom is 0.269 e. The molecular formula is C18H17N3O4. The third kappa shape index (κ3) is 4.00. The summed E-state index contributed by atoms with van der Waals surface area (Å²) < 4.78 is 0. The van der Waals surface area contributed by atoms with Crippen LogP contribution in [0.2, 0.25) is 0 Å². The standard InChI is InChI=1S/C18H17N3O4/c22-17(12-13-3-7-16(8-4-13)21(24)25)19-14-5-9-15(10-6-14)20-11-1-2-18(20)23/h3-10H,1-2,11-12H2,(H,19,22). The lowest BCUT2D eigenvalue weighted by molar-refractivity contribution is -0.384. The summed E-state index contributed by atoms with van der Waals surface area (Å²) in [5.74, 6) is -0.0891. The number of hydrogen-bond acceptors (Lipinski definition) is 4. The van der Waals surface area contributed by atoms with E-state index in [0.717, 1.165) is 18.7 Å². The van der Waals surface area contributed by atoms with Gasteiger partial charge in [0.05, 0.1) is 11.3 Å². The van der Waals surface area contributed by atoms with E-state index in [1.165, 1.54) is 12.1 Å². The molecule has 2 amide bonds. The number of hydrogen-bond donors (Lipinski definition) is 1. The Labute approximate surface area is 144 Å². The Morgan fingerprint density at radius 1 is 1.12 bits per heavy atom. The van der Waals surface area contributed by atoms with Crippen molar-refractivity contribution in [2.45, 2.75) is 19.3 Å². The fourth-order valence-electron chi connectivity index (χ4n) is 2.77. The molecule has 0 saturated carbocycles. The number of rotatable bonds is 5. The van der Waals surface area contributed by atoms with Crippen molar-refractivity contribution >= 4 is 28.9 Å². The van der Waals surface area contributed by atoms with Crippen LogP contribution in [0.5, 0.6) is 0 Å². The molecule has 7 nitrogen and oxygen atoms in total. The number of non-ortho nitro benzene ring substituents is 1. The van der Waals surface area contributed by atoms with E-state index in [0.29, 0.717) is 17.7 Å². The molecule has 0 spiro atoms. The first kappa shape index (κ1) is 16.6. The predicted molar refractivity (Wildman–Crippen MR) is 93.5 cm³/mol. The van der Waals surface area contributed by atoms with Gasteiger partial charge in [-0.2, -0.15) is 0 Å². The van der Waals surface area contributed by atoms with E-state index in [9.17, 15) is 19.7 Å². The van der Waals surface area contributed by atoms with Gasteiger partial charge in [-0.15, -0.1) is 0 Å². The molecule has 25 heavy (non-hydrogen) atoms. The third-order valence-electron chi connectivity index (χ3n) is 4.05. The van der Waals surface area contributed by atoms with E-state index in [2.05, 4.69) is 5.32 Å². The molecule has 2 aromatic rings. The summed E-state index contributed by atoms with van der Waals surface area (Å²) in [4.78, 5) is 35.7. The van der Waals surface area contributed by atoms with Crippen LogP contribution in [0.3, 0.4) is 0 Å². The SMILES string of the molecule is O=C(Cc1ccc([N+](=O)[O-])cc1)Nc1ccc(N2CCCC2=O)cc1. The van der Waals surface area contributed by atoms with Crippen LogP contribution in [0.1, 0.15) is 18.4 Å². The number of anilines is 2. The second kappa shape index (κ2) is 7.12. The maximum absolute atomic E-state index is 12.1. The monoisotopic (exact) mass is 339 g/mol. The van der Waals surface area contributed by atoms with Gasteiger partial charge in [0.25, 0.3) is 5.69 Å². The first-order valence-electron chi connectivity index (χ1n) is 7.96. The molecule has 1 heterocycles. The number of benzene rings is 2. The number of carbonyl (C=O) groups is 2. The Bertz CT molecular complexity index is 800. The van der Waals surface area contributed by atoms with E-state index in [-0.39, 0.29) is 23.9 Å². The average molecular weight is 339 g/mol. The Morgan fingerprint density at radius 3 is 2.36 bits per heavy atom. The van der Waals surface area contributed by atoms with Crippen LogP contribution in [0.25, 0.3) is 0 Å². The van der Waals surface area contributed by atoms with Gasteiger partial charge in [0.1, 0.15) is 0 Å². The number of carbonyl (C=O) groups excluding carboxylic acids is 2. The lowest BCUT2D eigenvalue weighted by Gasteiger charge is -2.16. The zero-order valence-electron chi connectivity index (χ0n) is 13.5. The van der Waals surface area contributed by atoms with Crippen molar-refractivity contribution in [2.24, 2.45) is 0 Å². The van der Waals surface area contributed by atoms with Crippen molar-refractivity contribution in [1.29, 1.82) is 0 Å². The van der Waals surface area contributed by atoms with Crippen molar-refractivity contribution in [3.8, 4) is 0 Å². The quantitative estimate of drug-likeness (QED) is 0.669. The summed E-state index contributed by atoms with van der Waals surface area (Å²) in [5.41, 5.74) is 2.16. The summed E-state index contributed by atoms with van der Waals surface area (Å²) in [6.07, 6.45) is 1.57. The van der Waals surface area contributed by atoms with Crippen molar-refractivity contribution < 1.29 is 14.5 Å². The molecule has 1 aliphatic heterocycles. The Hall–Kier alpha value is -3.22. The van der Waals surface area contributed by atoms with Crippen molar-refractivity contribution in [2.75, 3.05) is 16.8 Å². The molecule has 0 radical (unpaired) electrons. The van der Waals surface area contributed by atoms with E-state index in [1.807, 2.05) is 12.1 Å². The molecule has 0 aliphatic carbocycles. The van der Waals surface area contributed by atoms with E-state index in [1.54, 1.807) is 29.2 Å². The van der Waals surface area contributed by atoms with Gasteiger partial charge in [0.2, 0.25) is 11.8 Å². The summed E-state index contributed by atoms with van der Waals surface area (Å²) >= 11 is 0. The first-order valence-corrected chi connectivity index (χ1v) is 7.96. The molecule has 1 saturated heterocycles. The van der Waals surface area contributed by atoms with Crippen LogP contribution in [-0.2, 0) is 16.0 Å². The first-order chi connectivity index (χ1) is 12.0. The van der Waals surface area contributed by atoms with Crippen molar-refractivity contribution in [3.63, 3.8) is 0 Å². The summed E-state index contributed by atoms with van der Waals surface area (Å²) in [6, 6.07) is 13.0. The smallest absolute Gasteiger partial charge is 0.269 e. The van der Waals surface area contributed by atoms with Gasteiger partial charge < -0.3 is 10.2 Å². The van der Waals surface area contributed by atoms with Crippen LogP contribution in [0.4, 0.5) is 17.1 Å². The van der Waals surface area contributed by atoms with E-state index < -0.39 is 4.92 Å². The van der Waals surface area contributed by atoms with Crippen LogP contribution in [0.15, 0.2) is 48.5 Å². The average Bonchev–Trinajstić information content (AvgIpc) is 3.02. The summed E-state index contributed by atoms with van der Waals surface area (Å²) in [5, 5.41) is 13.4. The van der Waals surface area contributed by atoms with Gasteiger partial charge in [-0.3, -0.25) is 19.7 Å². The van der Waals surface area contributed by atoms with Crippen molar-refractivity contribution in [3.05, 3.63) is 64.2 Å². The highest BCUT2D eigenvalue weighted by molar-refractivity contribution is 5.96. The predicted octanol–water partition coefficient (Wildman–Crippen LogP) is 2.90. The lowest BCUT2D eigenvalue weighted by Crippen LogP contribution is -2.23. The van der Waals surface area contributed by atoms with Gasteiger partial charge >= 0.3 is 0 Å². The zero-order valence-corrected chi connectivity index (χ0v) is 13.5. The van der Waals surface area contributed by atoms with Crippen LogP contribution < -0.4 is 10.2 Å². The fourth-order valence-corrected chi connectivity index (χ4v) is 2.77. The minimum atomic E-state index is -0.476. The highest BCUT2D eigenvalue weighted by Crippen LogP contribution is 2.23. The molecule has 2 aromatic carbocycles. The minimum absolute atomic E-state index is 0.00351. The van der Waals surface area contributed by atoms with Gasteiger partial charge in [-0.25, -0.2) is 0 Å². The van der Waals surface area contributed by atoms with E-state index in [4.69, 9.17) is 0 Å². The zero-order chi connectivity index (χ0) is 17.8. The van der Waals surface area contributed by atoms with Crippen LogP contribution >= 0.6 is 0 Å². The molecule has 0 atom stereocenters. The topological polar surface area (TPSA) is 92.5 Å². The number of nitro groups is 1. The number of nitro benzene ring substituents is 1. The second-order valence-electron chi connectivity index (χ2n) is 5.84. The Morgan fingerprint density at radius 2 is 1.80 bits per heavy atom. The molecule has 7 heteroatoms. The van der Waals surface area contributed by atoms with Crippen LogP contribution in [0, 0.1) is 10.1 Å². The molecule has 0 aromatic heterocycles. The highest BCUT2D eigenvalue weighted by Gasteiger charge is 2.21. The van der Waals surface area contributed by atoms with Crippen molar-refractivity contribution in [1.82, 2.24) is 0 Å². The second-order valence-corrected chi connectivity index (χ2v) is 5.84. The molecular weight excluding hydrogens is 322 g/mol. The third-order valence-corrected chi connectivity index (χ3v) is 4.05. The maximum atomic E-state index is 12.1. The summed E-state index contributed by atoms with van der Waals surface area (Å²) in [7, 11) is 0. The largest absolute Gasteiger partial charge is 0.326 e. The molecule has 1 N–H and O–H groups in total. The van der Waals surface area contributed by atoms with Gasteiger partial charge in [0, 0.05) is 36.5 Å². The normalized spacial score (nSPS) is 13.8. The summed E-state index contributed by atoms with van der Waals surface area (Å²) in [6.45, 7) is 0.727.